The Bertz CT molecular complexity index is 1430. The molecule has 0 unspecified atom stereocenters. The number of rotatable bonds is 7. The smallest absolute Gasteiger partial charge is 0.343 e. The van der Waals surface area contributed by atoms with Crippen LogP contribution < -0.4 is 11.0 Å². The van der Waals surface area contributed by atoms with Gasteiger partial charge in [-0.25, -0.2) is 17.6 Å². The van der Waals surface area contributed by atoms with Crippen LogP contribution in [-0.2, 0) is 27.8 Å². The summed E-state index contributed by atoms with van der Waals surface area (Å²) < 4.78 is 41.2. The molecular formula is C22H19FN4O4S. The Morgan fingerprint density at radius 2 is 1.66 bits per heavy atom. The van der Waals surface area contributed by atoms with Crippen LogP contribution in [0.5, 0.6) is 0 Å². The lowest BCUT2D eigenvalue weighted by Gasteiger charge is -2.06. The van der Waals surface area contributed by atoms with Gasteiger partial charge in [-0.2, -0.15) is 3.97 Å². The van der Waals surface area contributed by atoms with Crippen LogP contribution in [0, 0.1) is 5.82 Å². The molecule has 1 N–H and O–H groups in total. The summed E-state index contributed by atoms with van der Waals surface area (Å²) in [7, 11) is -4.30. The van der Waals surface area contributed by atoms with Crippen molar-refractivity contribution in [3.05, 3.63) is 94.9 Å². The van der Waals surface area contributed by atoms with Crippen molar-refractivity contribution in [2.75, 3.05) is 6.54 Å². The number of hydrogen-bond donors (Lipinski definition) is 1. The molecule has 0 saturated heterocycles. The van der Waals surface area contributed by atoms with Crippen molar-refractivity contribution < 1.29 is 17.6 Å². The topological polar surface area (TPSA) is 103 Å². The second-order valence-corrected chi connectivity index (χ2v) is 8.79. The third-order valence-corrected chi connectivity index (χ3v) is 6.58. The first kappa shape index (κ1) is 21.4. The van der Waals surface area contributed by atoms with E-state index >= 15 is 0 Å². The molecule has 8 nitrogen and oxygen atoms in total. The first-order valence-corrected chi connectivity index (χ1v) is 11.2. The predicted octanol–water partition coefficient (Wildman–Crippen LogP) is 1.93. The Morgan fingerprint density at radius 1 is 0.969 bits per heavy atom. The number of nitrogens with one attached hydrogen (secondary N) is 1. The number of aromatic nitrogens is 3. The molecule has 0 atom stereocenters. The lowest BCUT2D eigenvalue weighted by atomic mass is 10.3. The average molecular weight is 454 g/mol. The summed E-state index contributed by atoms with van der Waals surface area (Å²) in [6.45, 7) is -0.0371. The van der Waals surface area contributed by atoms with Gasteiger partial charge in [0.05, 0.1) is 15.9 Å². The number of carbonyl (C=O) groups excluding carboxylic acids is 1. The zero-order valence-corrected chi connectivity index (χ0v) is 17.6. The largest absolute Gasteiger partial charge is 0.354 e. The third-order valence-electron chi connectivity index (χ3n) is 4.88. The van der Waals surface area contributed by atoms with Gasteiger partial charge in [-0.05, 0) is 48.5 Å². The maximum atomic E-state index is 13.3. The van der Waals surface area contributed by atoms with Crippen molar-refractivity contribution in [2.45, 2.75) is 17.9 Å². The van der Waals surface area contributed by atoms with E-state index in [1.165, 1.54) is 6.07 Å². The lowest BCUT2D eigenvalue weighted by molar-refractivity contribution is -0.121. The highest BCUT2D eigenvalue weighted by Crippen LogP contribution is 2.20. The van der Waals surface area contributed by atoms with Gasteiger partial charge in [0.1, 0.15) is 12.4 Å². The number of imidazole rings is 1. The zero-order valence-electron chi connectivity index (χ0n) is 16.8. The minimum atomic E-state index is -4.30. The third kappa shape index (κ3) is 4.17. The van der Waals surface area contributed by atoms with Gasteiger partial charge in [0, 0.05) is 24.9 Å². The number of halogens is 1. The quantitative estimate of drug-likeness (QED) is 0.460. The van der Waals surface area contributed by atoms with Crippen LogP contribution >= 0.6 is 0 Å². The van der Waals surface area contributed by atoms with E-state index < -0.39 is 27.4 Å². The highest BCUT2D eigenvalue weighted by atomic mass is 32.2. The van der Waals surface area contributed by atoms with Gasteiger partial charge in [-0.1, -0.05) is 18.2 Å². The standard InChI is InChI=1S/C22H19FN4O4S/c23-16-8-10-18(11-9-16)32(30,31)27-20-7-2-1-6-19(20)26(22(27)29)15-21(28)25-14-12-17-5-3-4-13-24-17/h1-11,13H,12,14-15H2,(H,25,28). The molecule has 0 aliphatic rings. The normalized spacial score (nSPS) is 11.5. The summed E-state index contributed by atoms with van der Waals surface area (Å²) in [6.07, 6.45) is 2.18. The van der Waals surface area contributed by atoms with Crippen LogP contribution in [0.3, 0.4) is 0 Å². The molecule has 1 amide bonds. The van der Waals surface area contributed by atoms with Crippen molar-refractivity contribution in [1.29, 1.82) is 0 Å². The van der Waals surface area contributed by atoms with Crippen LogP contribution in [0.25, 0.3) is 11.0 Å². The molecule has 32 heavy (non-hydrogen) atoms. The monoisotopic (exact) mass is 454 g/mol. The molecule has 0 saturated carbocycles. The summed E-state index contributed by atoms with van der Waals surface area (Å²) in [5.41, 5.74) is 0.355. The van der Waals surface area contributed by atoms with E-state index in [-0.39, 0.29) is 17.0 Å². The molecule has 0 bridgehead atoms. The molecule has 4 aromatic rings. The molecule has 164 valence electrons. The molecule has 0 aliphatic carbocycles. The van der Waals surface area contributed by atoms with Crippen molar-refractivity contribution in [3.8, 4) is 0 Å². The van der Waals surface area contributed by atoms with Gasteiger partial charge in [0.25, 0.3) is 10.0 Å². The van der Waals surface area contributed by atoms with Gasteiger partial charge in [-0.15, -0.1) is 0 Å². The fourth-order valence-corrected chi connectivity index (χ4v) is 4.76. The molecule has 0 fully saturated rings. The predicted molar refractivity (Wildman–Crippen MR) is 116 cm³/mol. The van der Waals surface area contributed by atoms with Crippen LogP contribution in [0.4, 0.5) is 4.39 Å². The summed E-state index contributed by atoms with van der Waals surface area (Å²) in [5, 5.41) is 2.72. The first-order chi connectivity index (χ1) is 15.4. The van der Waals surface area contributed by atoms with E-state index in [0.29, 0.717) is 22.5 Å². The number of nitrogens with zero attached hydrogens (tertiary/aromatic N) is 3. The van der Waals surface area contributed by atoms with E-state index in [0.717, 1.165) is 34.5 Å². The summed E-state index contributed by atoms with van der Waals surface area (Å²) in [4.78, 5) is 29.5. The molecule has 0 radical (unpaired) electrons. The Hall–Kier alpha value is -3.79. The van der Waals surface area contributed by atoms with Crippen molar-refractivity contribution >= 4 is 27.0 Å². The molecule has 10 heteroatoms. The lowest BCUT2D eigenvalue weighted by Crippen LogP contribution is -2.35. The molecule has 0 aliphatic heterocycles. The van der Waals surface area contributed by atoms with Crippen LogP contribution in [-0.4, -0.2) is 34.4 Å². The zero-order chi connectivity index (χ0) is 22.7. The maximum Gasteiger partial charge on any atom is 0.343 e. The van der Waals surface area contributed by atoms with Gasteiger partial charge < -0.3 is 5.32 Å². The maximum absolute atomic E-state index is 13.3. The minimum absolute atomic E-state index is 0.128. The molecule has 4 rings (SSSR count). The minimum Gasteiger partial charge on any atom is -0.354 e. The Balaban J connectivity index is 1.63. The molecule has 2 aromatic carbocycles. The van der Waals surface area contributed by atoms with E-state index in [2.05, 4.69) is 10.3 Å². The summed E-state index contributed by atoms with van der Waals surface area (Å²) in [6, 6.07) is 16.0. The fourth-order valence-electron chi connectivity index (χ4n) is 3.35. The number of benzene rings is 2. The number of para-hydroxylation sites is 2. The number of fused-ring (bicyclic) bond motifs is 1. The number of amides is 1. The molecular weight excluding hydrogens is 435 g/mol. The van der Waals surface area contributed by atoms with Crippen molar-refractivity contribution in [1.82, 2.24) is 18.8 Å². The SMILES string of the molecule is O=C(Cn1c(=O)n(S(=O)(=O)c2ccc(F)cc2)c2ccccc21)NCCc1ccccn1. The van der Waals surface area contributed by atoms with E-state index in [9.17, 15) is 22.4 Å². The summed E-state index contributed by atoms with van der Waals surface area (Å²) in [5.74, 6) is -1.04. The highest BCUT2D eigenvalue weighted by molar-refractivity contribution is 7.90. The second kappa shape index (κ2) is 8.75. The van der Waals surface area contributed by atoms with E-state index in [4.69, 9.17) is 0 Å². The Kier molecular flexibility index (Phi) is 5.87. The fraction of sp³-hybridized carbons (Fsp3) is 0.136. The van der Waals surface area contributed by atoms with E-state index in [1.807, 2.05) is 12.1 Å². The van der Waals surface area contributed by atoms with Crippen molar-refractivity contribution in [3.63, 3.8) is 0 Å². The molecule has 2 aromatic heterocycles. The van der Waals surface area contributed by atoms with Gasteiger partial charge in [0.2, 0.25) is 5.91 Å². The van der Waals surface area contributed by atoms with Gasteiger partial charge in [0.15, 0.2) is 0 Å². The molecule has 0 spiro atoms. The molecule has 2 heterocycles. The summed E-state index contributed by atoms with van der Waals surface area (Å²) >= 11 is 0. The number of carbonyl (C=O) groups is 1. The second-order valence-electron chi connectivity index (χ2n) is 7.00. The number of hydrogen-bond acceptors (Lipinski definition) is 5. The first-order valence-electron chi connectivity index (χ1n) is 9.76. The van der Waals surface area contributed by atoms with Crippen LogP contribution in [0.1, 0.15) is 5.69 Å². The Labute approximate surface area is 183 Å². The number of pyridine rings is 1. The van der Waals surface area contributed by atoms with E-state index in [1.54, 1.807) is 30.5 Å². The highest BCUT2D eigenvalue weighted by Gasteiger charge is 2.26. The van der Waals surface area contributed by atoms with Gasteiger partial charge in [-0.3, -0.25) is 14.3 Å². The van der Waals surface area contributed by atoms with Crippen LogP contribution in [0.15, 0.2) is 82.6 Å². The van der Waals surface area contributed by atoms with Crippen LogP contribution in [0.2, 0.25) is 0 Å². The Morgan fingerprint density at radius 3 is 2.34 bits per heavy atom. The average Bonchev–Trinajstić information content (AvgIpc) is 3.07. The van der Waals surface area contributed by atoms with Crippen molar-refractivity contribution in [2.24, 2.45) is 0 Å². The van der Waals surface area contributed by atoms with Gasteiger partial charge >= 0.3 is 5.69 Å².